The Labute approximate surface area is 145 Å². The van der Waals surface area contributed by atoms with E-state index in [0.29, 0.717) is 12.5 Å². The average Bonchev–Trinajstić information content (AvgIpc) is 2.46. The highest BCUT2D eigenvalue weighted by molar-refractivity contribution is 5.81. The summed E-state index contributed by atoms with van der Waals surface area (Å²) in [6, 6.07) is 4.78. The van der Waals surface area contributed by atoms with Crippen LogP contribution in [0.15, 0.2) is 30.4 Å². The van der Waals surface area contributed by atoms with Gasteiger partial charge < -0.3 is 14.9 Å². The molecule has 1 aromatic carbocycles. The second-order valence-corrected chi connectivity index (χ2v) is 7.04. The summed E-state index contributed by atoms with van der Waals surface area (Å²) in [5, 5.41) is 19.4. The Morgan fingerprint density at radius 1 is 1.29 bits per heavy atom. The van der Waals surface area contributed by atoms with Gasteiger partial charge in [0.05, 0.1) is 6.61 Å². The second-order valence-electron chi connectivity index (χ2n) is 7.04. The summed E-state index contributed by atoms with van der Waals surface area (Å²) in [7, 11) is 0. The van der Waals surface area contributed by atoms with Crippen molar-refractivity contribution in [1.82, 2.24) is 0 Å². The summed E-state index contributed by atoms with van der Waals surface area (Å²) in [5.74, 6) is 0.415. The quantitative estimate of drug-likeness (QED) is 0.508. The molecule has 0 aliphatic rings. The van der Waals surface area contributed by atoms with E-state index in [1.54, 1.807) is 25.1 Å². The first-order valence-electron chi connectivity index (χ1n) is 8.58. The molecular weight excluding hydrogens is 304 g/mol. The Morgan fingerprint density at radius 3 is 2.62 bits per heavy atom. The van der Waals surface area contributed by atoms with Gasteiger partial charge in [0.15, 0.2) is 0 Å². The number of ether oxygens (including phenoxy) is 1. The Balaban J connectivity index is 2.38. The number of aromatic hydroxyl groups is 2. The van der Waals surface area contributed by atoms with Gasteiger partial charge >= 0.3 is 5.97 Å². The number of benzene rings is 1. The number of hydrogen-bond acceptors (Lipinski definition) is 4. The van der Waals surface area contributed by atoms with Crippen molar-refractivity contribution in [3.05, 3.63) is 35.9 Å². The highest BCUT2D eigenvalue weighted by Gasteiger charge is 2.24. The van der Waals surface area contributed by atoms with Crippen LogP contribution in [-0.2, 0) is 14.9 Å². The van der Waals surface area contributed by atoms with Crippen molar-refractivity contribution in [3.8, 4) is 11.5 Å². The minimum absolute atomic E-state index is 0.0770. The van der Waals surface area contributed by atoms with E-state index < -0.39 is 0 Å². The van der Waals surface area contributed by atoms with E-state index in [4.69, 9.17) is 4.74 Å². The first kappa shape index (κ1) is 20.1. The Bertz CT molecular complexity index is 561. The Hall–Kier alpha value is -1.97. The van der Waals surface area contributed by atoms with Gasteiger partial charge in [-0.05, 0) is 42.7 Å². The van der Waals surface area contributed by atoms with Crippen molar-refractivity contribution in [3.63, 3.8) is 0 Å². The molecule has 0 amide bonds. The number of phenols is 2. The molecule has 0 saturated heterocycles. The van der Waals surface area contributed by atoms with Gasteiger partial charge in [0, 0.05) is 12.1 Å². The van der Waals surface area contributed by atoms with Gasteiger partial charge in [-0.3, -0.25) is 0 Å². The number of rotatable bonds is 9. The van der Waals surface area contributed by atoms with Crippen LogP contribution in [0.2, 0.25) is 0 Å². The van der Waals surface area contributed by atoms with Gasteiger partial charge in [-0.2, -0.15) is 0 Å². The zero-order valence-electron chi connectivity index (χ0n) is 15.2. The molecular formula is C20H30O4. The van der Waals surface area contributed by atoms with Crippen molar-refractivity contribution < 1.29 is 19.7 Å². The maximum absolute atomic E-state index is 11.2. The summed E-state index contributed by atoms with van der Waals surface area (Å²) in [4.78, 5) is 11.2. The fraction of sp³-hybridized carbons (Fsp3) is 0.550. The molecule has 1 aromatic rings. The fourth-order valence-corrected chi connectivity index (χ4v) is 2.81. The fourth-order valence-electron chi connectivity index (χ4n) is 2.81. The molecule has 1 unspecified atom stereocenters. The van der Waals surface area contributed by atoms with E-state index in [1.165, 1.54) is 12.1 Å². The lowest BCUT2D eigenvalue weighted by atomic mass is 9.79. The van der Waals surface area contributed by atoms with E-state index in [2.05, 4.69) is 20.8 Å². The smallest absolute Gasteiger partial charge is 0.330 e. The largest absolute Gasteiger partial charge is 0.508 e. The number of esters is 1. The molecule has 1 rings (SSSR count). The lowest BCUT2D eigenvalue weighted by molar-refractivity contribution is -0.138. The number of phenolic OH excluding ortho intramolecular Hbond substituents is 2. The molecule has 0 aliphatic carbocycles. The molecule has 0 saturated carbocycles. The van der Waals surface area contributed by atoms with Crippen LogP contribution in [0.25, 0.3) is 0 Å². The summed E-state index contributed by atoms with van der Waals surface area (Å²) in [6.45, 7) is 8.60. The van der Waals surface area contributed by atoms with Gasteiger partial charge in [0.25, 0.3) is 0 Å². The molecule has 0 fully saturated rings. The lowest BCUT2D eigenvalue weighted by Gasteiger charge is -2.27. The van der Waals surface area contributed by atoms with E-state index in [9.17, 15) is 15.0 Å². The van der Waals surface area contributed by atoms with Crippen LogP contribution in [0.3, 0.4) is 0 Å². The molecule has 4 nitrogen and oxygen atoms in total. The van der Waals surface area contributed by atoms with Crippen molar-refractivity contribution in [2.75, 3.05) is 6.61 Å². The predicted molar refractivity (Wildman–Crippen MR) is 96.2 cm³/mol. The Kier molecular flexibility index (Phi) is 7.83. The van der Waals surface area contributed by atoms with Crippen LogP contribution in [0.5, 0.6) is 11.5 Å². The first-order chi connectivity index (χ1) is 11.3. The molecule has 24 heavy (non-hydrogen) atoms. The molecule has 0 aromatic heterocycles. The number of carbonyl (C=O) groups is 1. The van der Waals surface area contributed by atoms with E-state index in [0.717, 1.165) is 31.2 Å². The predicted octanol–water partition coefficient (Wildman–Crippen LogP) is 4.69. The van der Waals surface area contributed by atoms with Crippen LogP contribution in [-0.4, -0.2) is 22.8 Å². The molecule has 0 spiro atoms. The lowest BCUT2D eigenvalue weighted by Crippen LogP contribution is -2.17. The zero-order chi connectivity index (χ0) is 18.2. The van der Waals surface area contributed by atoms with Crippen LogP contribution in [0, 0.1) is 5.92 Å². The molecule has 134 valence electrons. The maximum Gasteiger partial charge on any atom is 0.330 e. The summed E-state index contributed by atoms with van der Waals surface area (Å²) < 4.78 is 5.11. The normalized spacial score (nSPS) is 13.2. The number of allylic oxidation sites excluding steroid dienone is 1. The molecule has 0 heterocycles. The van der Waals surface area contributed by atoms with Crippen LogP contribution < -0.4 is 0 Å². The molecule has 2 N–H and O–H groups in total. The topological polar surface area (TPSA) is 66.8 Å². The number of carbonyl (C=O) groups excluding carboxylic acids is 1. The molecule has 0 aliphatic heterocycles. The monoisotopic (exact) mass is 334 g/mol. The highest BCUT2D eigenvalue weighted by Crippen LogP contribution is 2.37. The Morgan fingerprint density at radius 2 is 2.00 bits per heavy atom. The highest BCUT2D eigenvalue weighted by atomic mass is 16.5. The number of hydrogen-bond donors (Lipinski definition) is 2. The average molecular weight is 334 g/mol. The summed E-state index contributed by atoms with van der Waals surface area (Å²) in [5.41, 5.74) is 0.698. The molecule has 4 heteroatoms. The maximum atomic E-state index is 11.2. The van der Waals surface area contributed by atoms with E-state index in [1.807, 2.05) is 0 Å². The molecule has 0 bridgehead atoms. The summed E-state index contributed by atoms with van der Waals surface area (Å²) in [6.07, 6.45) is 6.97. The SMILES string of the molecule is C/C=C/C(=O)OCCC(C)CCCC(C)(C)c1ccc(O)cc1O. The third kappa shape index (κ3) is 6.65. The minimum Gasteiger partial charge on any atom is -0.508 e. The molecule has 1 atom stereocenters. The van der Waals surface area contributed by atoms with Crippen LogP contribution in [0.1, 0.15) is 58.9 Å². The van der Waals surface area contributed by atoms with Crippen molar-refractivity contribution in [2.24, 2.45) is 5.92 Å². The van der Waals surface area contributed by atoms with Crippen molar-refractivity contribution in [2.45, 2.75) is 58.8 Å². The van der Waals surface area contributed by atoms with E-state index >= 15 is 0 Å². The van der Waals surface area contributed by atoms with Gasteiger partial charge in [0.1, 0.15) is 11.5 Å². The zero-order valence-corrected chi connectivity index (χ0v) is 15.2. The second kappa shape index (κ2) is 9.36. The third-order valence-corrected chi connectivity index (χ3v) is 4.37. The van der Waals surface area contributed by atoms with Gasteiger partial charge in [-0.1, -0.05) is 45.8 Å². The van der Waals surface area contributed by atoms with Crippen molar-refractivity contribution >= 4 is 5.97 Å². The minimum atomic E-state index is -0.284. The van der Waals surface area contributed by atoms with Crippen LogP contribution >= 0.6 is 0 Å². The van der Waals surface area contributed by atoms with Gasteiger partial charge in [-0.15, -0.1) is 0 Å². The van der Waals surface area contributed by atoms with Crippen LogP contribution in [0.4, 0.5) is 0 Å². The summed E-state index contributed by atoms with van der Waals surface area (Å²) >= 11 is 0. The standard InChI is InChI=1S/C20H30O4/c1-5-7-19(23)24-13-11-15(2)8-6-12-20(3,4)17-10-9-16(21)14-18(17)22/h5,7,9-10,14-15,21-22H,6,8,11-13H2,1-4H3/b7-5+. The van der Waals surface area contributed by atoms with Crippen molar-refractivity contribution in [1.29, 1.82) is 0 Å². The van der Waals surface area contributed by atoms with E-state index in [-0.39, 0.29) is 22.9 Å². The van der Waals surface area contributed by atoms with Gasteiger partial charge in [0.2, 0.25) is 0 Å². The first-order valence-corrected chi connectivity index (χ1v) is 8.58. The molecule has 0 radical (unpaired) electrons. The van der Waals surface area contributed by atoms with Gasteiger partial charge in [-0.25, -0.2) is 4.79 Å². The third-order valence-electron chi connectivity index (χ3n) is 4.37.